The van der Waals surface area contributed by atoms with Crippen LogP contribution in [-0.4, -0.2) is 39.7 Å². The van der Waals surface area contributed by atoms with Crippen molar-refractivity contribution in [3.8, 4) is 0 Å². The van der Waals surface area contributed by atoms with E-state index in [2.05, 4.69) is 25.2 Å². The molecule has 2 atom stereocenters. The van der Waals surface area contributed by atoms with Gasteiger partial charge >= 0.3 is 0 Å². The van der Waals surface area contributed by atoms with Crippen molar-refractivity contribution in [1.82, 2.24) is 19.8 Å². The molecule has 0 saturated carbocycles. The topological polar surface area (TPSA) is 41.1 Å². The second-order valence-corrected chi connectivity index (χ2v) is 5.19. The van der Waals surface area contributed by atoms with E-state index in [1.165, 1.54) is 43.9 Å². The first kappa shape index (κ1) is 12.2. The number of fused-ring (bicyclic) bond motifs is 2. The number of piperidine rings is 1. The van der Waals surface area contributed by atoms with Crippen molar-refractivity contribution in [2.45, 2.75) is 37.9 Å². The summed E-state index contributed by atoms with van der Waals surface area (Å²) in [6.45, 7) is 3.33. The SMILES string of the molecule is Cl.c1snnc1CN1CC2CCCC(C1)N2. The highest BCUT2D eigenvalue weighted by atomic mass is 35.5. The fraction of sp³-hybridized carbons (Fsp3) is 0.800. The van der Waals surface area contributed by atoms with Crippen molar-refractivity contribution in [2.24, 2.45) is 0 Å². The molecule has 1 aromatic heterocycles. The maximum Gasteiger partial charge on any atom is 0.0895 e. The van der Waals surface area contributed by atoms with E-state index in [-0.39, 0.29) is 12.4 Å². The molecule has 0 aliphatic carbocycles. The minimum Gasteiger partial charge on any atom is -0.309 e. The minimum atomic E-state index is 0. The van der Waals surface area contributed by atoms with Crippen LogP contribution < -0.4 is 5.32 Å². The van der Waals surface area contributed by atoms with E-state index in [9.17, 15) is 0 Å². The first-order chi connectivity index (χ1) is 7.40. The zero-order valence-electron chi connectivity index (χ0n) is 9.13. The second-order valence-electron chi connectivity index (χ2n) is 4.58. The molecule has 16 heavy (non-hydrogen) atoms. The number of piperazine rings is 1. The number of hydrogen-bond acceptors (Lipinski definition) is 5. The van der Waals surface area contributed by atoms with Gasteiger partial charge in [-0.2, -0.15) is 0 Å². The predicted molar refractivity (Wildman–Crippen MR) is 67.0 cm³/mol. The van der Waals surface area contributed by atoms with E-state index in [1.54, 1.807) is 0 Å². The number of aromatic nitrogens is 2. The number of halogens is 1. The van der Waals surface area contributed by atoms with Crippen molar-refractivity contribution < 1.29 is 0 Å². The van der Waals surface area contributed by atoms with Gasteiger partial charge in [0.2, 0.25) is 0 Å². The molecule has 6 heteroatoms. The van der Waals surface area contributed by atoms with E-state index in [4.69, 9.17) is 0 Å². The second kappa shape index (κ2) is 5.40. The number of rotatable bonds is 2. The average Bonchev–Trinajstić information content (AvgIpc) is 2.70. The zero-order chi connectivity index (χ0) is 10.1. The molecule has 1 aromatic rings. The molecule has 4 nitrogen and oxygen atoms in total. The third-order valence-corrected chi connectivity index (χ3v) is 3.88. The van der Waals surface area contributed by atoms with E-state index >= 15 is 0 Å². The summed E-state index contributed by atoms with van der Waals surface area (Å²) < 4.78 is 3.91. The van der Waals surface area contributed by atoms with Crippen LogP contribution in [0.25, 0.3) is 0 Å². The van der Waals surface area contributed by atoms with Gasteiger partial charge in [0.1, 0.15) is 0 Å². The summed E-state index contributed by atoms with van der Waals surface area (Å²) in [5.41, 5.74) is 1.12. The Balaban J connectivity index is 0.000000963. The Bertz CT molecular complexity index is 307. The quantitative estimate of drug-likeness (QED) is 0.870. The Morgan fingerprint density at radius 2 is 2.12 bits per heavy atom. The maximum absolute atomic E-state index is 4.11. The Labute approximate surface area is 106 Å². The molecule has 2 aliphatic heterocycles. The third-order valence-electron chi connectivity index (χ3n) is 3.32. The summed E-state index contributed by atoms with van der Waals surface area (Å²) in [6, 6.07) is 1.42. The molecule has 90 valence electrons. The van der Waals surface area contributed by atoms with E-state index in [1.807, 2.05) is 0 Å². The largest absolute Gasteiger partial charge is 0.309 e. The standard InChI is InChI=1S/C10H16N4S.ClH/c1-2-8-4-14(5-9(3-1)11-8)6-10-7-15-13-12-10;/h7-9,11H,1-6H2;1H. The van der Waals surface area contributed by atoms with Crippen molar-refractivity contribution in [3.05, 3.63) is 11.1 Å². The molecule has 2 fully saturated rings. The molecule has 3 heterocycles. The van der Waals surface area contributed by atoms with Crippen LogP contribution in [-0.2, 0) is 6.54 Å². The van der Waals surface area contributed by atoms with E-state index in [0.29, 0.717) is 12.1 Å². The smallest absolute Gasteiger partial charge is 0.0895 e. The monoisotopic (exact) mass is 260 g/mol. The van der Waals surface area contributed by atoms with Gasteiger partial charge in [0.05, 0.1) is 5.69 Å². The van der Waals surface area contributed by atoms with Crippen LogP contribution in [0.3, 0.4) is 0 Å². The van der Waals surface area contributed by atoms with Gasteiger partial charge in [-0.15, -0.1) is 17.5 Å². The number of hydrogen-bond donors (Lipinski definition) is 1. The zero-order valence-corrected chi connectivity index (χ0v) is 10.8. The van der Waals surface area contributed by atoms with Crippen LogP contribution in [0.5, 0.6) is 0 Å². The summed E-state index contributed by atoms with van der Waals surface area (Å²) in [4.78, 5) is 2.52. The van der Waals surface area contributed by atoms with Gasteiger partial charge < -0.3 is 5.32 Å². The van der Waals surface area contributed by atoms with Crippen molar-refractivity contribution in [2.75, 3.05) is 13.1 Å². The van der Waals surface area contributed by atoms with Gasteiger partial charge in [-0.25, -0.2) is 0 Å². The fourth-order valence-electron chi connectivity index (χ4n) is 2.71. The van der Waals surface area contributed by atoms with E-state index in [0.717, 1.165) is 12.2 Å². The minimum absolute atomic E-state index is 0. The van der Waals surface area contributed by atoms with Crippen molar-refractivity contribution in [3.63, 3.8) is 0 Å². The highest BCUT2D eigenvalue weighted by Crippen LogP contribution is 2.20. The molecule has 2 bridgehead atoms. The van der Waals surface area contributed by atoms with Gasteiger partial charge in [-0.3, -0.25) is 4.90 Å². The van der Waals surface area contributed by atoms with Gasteiger partial charge in [-0.05, 0) is 24.4 Å². The Kier molecular flexibility index (Phi) is 4.13. The lowest BCUT2D eigenvalue weighted by molar-refractivity contribution is 0.118. The molecule has 1 N–H and O–H groups in total. The molecular weight excluding hydrogens is 244 g/mol. The normalized spacial score (nSPS) is 29.8. The van der Waals surface area contributed by atoms with Gasteiger partial charge in [0.15, 0.2) is 0 Å². The van der Waals surface area contributed by atoms with Gasteiger partial charge in [0.25, 0.3) is 0 Å². The number of nitrogens with one attached hydrogen (secondary N) is 1. The molecule has 0 radical (unpaired) electrons. The summed E-state index contributed by atoms with van der Waals surface area (Å²) >= 11 is 1.45. The molecule has 0 spiro atoms. The molecule has 2 aliphatic rings. The van der Waals surface area contributed by atoms with Crippen molar-refractivity contribution in [1.29, 1.82) is 0 Å². The summed E-state index contributed by atoms with van der Waals surface area (Å²) in [5.74, 6) is 0. The average molecular weight is 261 g/mol. The Morgan fingerprint density at radius 1 is 1.38 bits per heavy atom. The van der Waals surface area contributed by atoms with Crippen LogP contribution in [0.15, 0.2) is 5.38 Å². The van der Waals surface area contributed by atoms with Crippen LogP contribution in [0.4, 0.5) is 0 Å². The first-order valence-electron chi connectivity index (χ1n) is 5.64. The summed E-state index contributed by atoms with van der Waals surface area (Å²) in [5, 5.41) is 9.85. The molecule has 2 saturated heterocycles. The summed E-state index contributed by atoms with van der Waals surface area (Å²) in [7, 11) is 0. The lowest BCUT2D eigenvalue weighted by Gasteiger charge is -2.42. The highest BCUT2D eigenvalue weighted by Gasteiger charge is 2.29. The predicted octanol–water partition coefficient (Wildman–Crippen LogP) is 1.29. The third kappa shape index (κ3) is 2.71. The summed E-state index contributed by atoms with van der Waals surface area (Å²) in [6.07, 6.45) is 4.07. The van der Waals surface area contributed by atoms with Crippen LogP contribution in [0.2, 0.25) is 0 Å². The molecule has 2 unspecified atom stereocenters. The maximum atomic E-state index is 4.11. The van der Waals surface area contributed by atoms with Gasteiger partial charge in [0, 0.05) is 37.1 Å². The van der Waals surface area contributed by atoms with Crippen LogP contribution in [0.1, 0.15) is 25.0 Å². The molecular formula is C10H17ClN4S. The fourth-order valence-corrected chi connectivity index (χ4v) is 3.15. The van der Waals surface area contributed by atoms with Crippen molar-refractivity contribution >= 4 is 23.9 Å². The lowest BCUT2D eigenvalue weighted by Crippen LogP contribution is -2.58. The highest BCUT2D eigenvalue weighted by molar-refractivity contribution is 7.03. The Hall–Kier alpha value is -0.230. The Morgan fingerprint density at radius 3 is 2.75 bits per heavy atom. The number of likely N-dealkylation sites (tertiary alicyclic amines) is 1. The lowest BCUT2D eigenvalue weighted by atomic mass is 9.94. The first-order valence-corrected chi connectivity index (χ1v) is 6.48. The molecule has 0 aromatic carbocycles. The molecule has 0 amide bonds. The van der Waals surface area contributed by atoms with Crippen LogP contribution >= 0.6 is 23.9 Å². The molecule has 3 rings (SSSR count). The van der Waals surface area contributed by atoms with Crippen LogP contribution in [0, 0.1) is 0 Å². The van der Waals surface area contributed by atoms with E-state index < -0.39 is 0 Å². The number of nitrogens with zero attached hydrogens (tertiary/aromatic N) is 3. The van der Waals surface area contributed by atoms with Gasteiger partial charge in [-0.1, -0.05) is 10.9 Å².